The van der Waals surface area contributed by atoms with Crippen LogP contribution in [-0.2, 0) is 17.6 Å². The Hall–Kier alpha value is -1.94. The molecule has 4 heteroatoms. The first-order valence-electron chi connectivity index (χ1n) is 6.23. The first-order chi connectivity index (χ1) is 9.19. The summed E-state index contributed by atoms with van der Waals surface area (Å²) in [5.74, 6) is 0.0407. The van der Waals surface area contributed by atoms with E-state index in [1.807, 2.05) is 30.5 Å². The lowest BCUT2D eigenvalue weighted by atomic mass is 10.0. The molecule has 0 fully saturated rings. The number of hydrogen-bond acceptors (Lipinski definition) is 3. The van der Waals surface area contributed by atoms with Crippen molar-refractivity contribution in [1.82, 2.24) is 0 Å². The van der Waals surface area contributed by atoms with E-state index in [4.69, 9.17) is 0 Å². The fourth-order valence-corrected chi connectivity index (χ4v) is 3.27. The lowest BCUT2D eigenvalue weighted by molar-refractivity contribution is -0.115. The van der Waals surface area contributed by atoms with Gasteiger partial charge in [0.25, 0.3) is 0 Å². The molecule has 3 nitrogen and oxygen atoms in total. The van der Waals surface area contributed by atoms with Crippen LogP contribution in [0.1, 0.15) is 33.3 Å². The minimum Gasteiger partial charge on any atom is -0.326 e. The monoisotopic (exact) mass is 271 g/mol. The van der Waals surface area contributed by atoms with E-state index >= 15 is 0 Å². The highest BCUT2D eigenvalue weighted by Crippen LogP contribution is 2.27. The molecule has 1 amide bonds. The number of rotatable bonds is 3. The highest BCUT2D eigenvalue weighted by atomic mass is 32.1. The van der Waals surface area contributed by atoms with Crippen LogP contribution < -0.4 is 5.32 Å². The topological polar surface area (TPSA) is 46.2 Å². The normalized spacial score (nSPS) is 13.2. The van der Waals surface area contributed by atoms with Crippen molar-refractivity contribution in [2.24, 2.45) is 0 Å². The summed E-state index contributed by atoms with van der Waals surface area (Å²) in [5.41, 5.74) is 3.48. The highest BCUT2D eigenvalue weighted by Gasteiger charge is 2.20. The third kappa shape index (κ3) is 2.08. The number of ketones is 1. The number of carbonyl (C=O) groups is 2. The van der Waals surface area contributed by atoms with E-state index in [0.717, 1.165) is 28.1 Å². The van der Waals surface area contributed by atoms with E-state index in [-0.39, 0.29) is 11.7 Å². The van der Waals surface area contributed by atoms with Crippen LogP contribution in [0.25, 0.3) is 0 Å². The Bertz CT molecular complexity index is 673. The second kappa shape index (κ2) is 4.63. The molecule has 19 heavy (non-hydrogen) atoms. The van der Waals surface area contributed by atoms with Gasteiger partial charge < -0.3 is 5.32 Å². The number of aryl methyl sites for hydroxylation is 1. The summed E-state index contributed by atoms with van der Waals surface area (Å²) >= 11 is 1.48. The largest absolute Gasteiger partial charge is 0.326 e. The Labute approximate surface area is 115 Å². The Morgan fingerprint density at radius 3 is 3.00 bits per heavy atom. The quantitative estimate of drug-likeness (QED) is 0.872. The summed E-state index contributed by atoms with van der Waals surface area (Å²) < 4.78 is 0. The minimum absolute atomic E-state index is 0.00929. The van der Waals surface area contributed by atoms with Crippen molar-refractivity contribution >= 4 is 28.7 Å². The third-order valence-corrected chi connectivity index (χ3v) is 4.28. The molecule has 0 saturated heterocycles. The Kier molecular flexibility index (Phi) is 2.95. The Morgan fingerprint density at radius 2 is 2.21 bits per heavy atom. The fourth-order valence-electron chi connectivity index (χ4n) is 2.31. The van der Waals surface area contributed by atoms with E-state index in [9.17, 15) is 9.59 Å². The molecule has 96 valence electrons. The van der Waals surface area contributed by atoms with Gasteiger partial charge in [0.05, 0.1) is 11.3 Å². The maximum atomic E-state index is 12.5. The van der Waals surface area contributed by atoms with Crippen LogP contribution in [0.3, 0.4) is 0 Å². The molecule has 0 saturated carbocycles. The average molecular weight is 271 g/mol. The molecule has 1 N–H and O–H groups in total. The SMILES string of the molecule is CCc1ccsc1C(=O)c1ccc2c(c1)CC(=O)N2. The molecule has 1 aromatic carbocycles. The van der Waals surface area contributed by atoms with Crippen LogP contribution in [0.15, 0.2) is 29.6 Å². The van der Waals surface area contributed by atoms with Crippen LogP contribution >= 0.6 is 11.3 Å². The predicted octanol–water partition coefficient (Wildman–Crippen LogP) is 3.04. The lowest BCUT2D eigenvalue weighted by Crippen LogP contribution is -2.03. The number of amides is 1. The molecule has 1 aromatic heterocycles. The lowest BCUT2D eigenvalue weighted by Gasteiger charge is -2.04. The van der Waals surface area contributed by atoms with Crippen molar-refractivity contribution in [3.63, 3.8) is 0 Å². The number of benzene rings is 1. The van der Waals surface area contributed by atoms with E-state index in [1.54, 1.807) is 6.07 Å². The predicted molar refractivity (Wildman–Crippen MR) is 75.9 cm³/mol. The molecule has 0 atom stereocenters. The van der Waals surface area contributed by atoms with Gasteiger partial charge in [0.2, 0.25) is 11.7 Å². The second-order valence-electron chi connectivity index (χ2n) is 4.55. The van der Waals surface area contributed by atoms with E-state index in [2.05, 4.69) is 5.32 Å². The number of carbonyl (C=O) groups excluding carboxylic acids is 2. The molecule has 0 unspecified atom stereocenters. The molecule has 2 heterocycles. The zero-order valence-electron chi connectivity index (χ0n) is 10.5. The van der Waals surface area contributed by atoms with Crippen molar-refractivity contribution in [3.8, 4) is 0 Å². The van der Waals surface area contributed by atoms with Gasteiger partial charge in [0.1, 0.15) is 0 Å². The zero-order valence-corrected chi connectivity index (χ0v) is 11.3. The maximum Gasteiger partial charge on any atom is 0.228 e. The minimum atomic E-state index is -0.00929. The smallest absolute Gasteiger partial charge is 0.228 e. The van der Waals surface area contributed by atoms with Crippen molar-refractivity contribution in [1.29, 1.82) is 0 Å². The van der Waals surface area contributed by atoms with Gasteiger partial charge in [-0.2, -0.15) is 0 Å². The highest BCUT2D eigenvalue weighted by molar-refractivity contribution is 7.12. The Balaban J connectivity index is 1.97. The van der Waals surface area contributed by atoms with Crippen LogP contribution in [-0.4, -0.2) is 11.7 Å². The summed E-state index contributed by atoms with van der Waals surface area (Å²) in [6.45, 7) is 2.05. The molecule has 0 aliphatic carbocycles. The van der Waals surface area contributed by atoms with Crippen LogP contribution in [0.5, 0.6) is 0 Å². The average Bonchev–Trinajstić information content (AvgIpc) is 3.01. The summed E-state index contributed by atoms with van der Waals surface area (Å²) in [5, 5.41) is 4.72. The van der Waals surface area contributed by atoms with Gasteiger partial charge in [-0.3, -0.25) is 9.59 Å². The van der Waals surface area contributed by atoms with Crippen molar-refractivity contribution in [2.75, 3.05) is 5.32 Å². The van der Waals surface area contributed by atoms with Crippen LogP contribution in [0.4, 0.5) is 5.69 Å². The van der Waals surface area contributed by atoms with Gasteiger partial charge in [0.15, 0.2) is 0 Å². The van der Waals surface area contributed by atoms with E-state index in [1.165, 1.54) is 11.3 Å². The van der Waals surface area contributed by atoms with Gasteiger partial charge in [0, 0.05) is 11.3 Å². The number of hydrogen-bond donors (Lipinski definition) is 1. The second-order valence-corrected chi connectivity index (χ2v) is 5.47. The van der Waals surface area contributed by atoms with Gasteiger partial charge in [-0.25, -0.2) is 0 Å². The van der Waals surface area contributed by atoms with Crippen molar-refractivity contribution in [2.45, 2.75) is 19.8 Å². The molecular weight excluding hydrogens is 258 g/mol. The molecule has 1 aliphatic heterocycles. The molecular formula is C15H13NO2S. The summed E-state index contributed by atoms with van der Waals surface area (Å²) in [4.78, 5) is 24.6. The fraction of sp³-hybridized carbons (Fsp3) is 0.200. The van der Waals surface area contributed by atoms with Crippen LogP contribution in [0, 0.1) is 0 Å². The van der Waals surface area contributed by atoms with Gasteiger partial charge in [-0.05, 0) is 47.2 Å². The standard InChI is InChI=1S/C15H13NO2S/c1-2-9-5-6-19-15(9)14(18)10-3-4-12-11(7-10)8-13(17)16-12/h3-7H,2,8H2,1H3,(H,16,17). The maximum absolute atomic E-state index is 12.5. The van der Waals surface area contributed by atoms with Gasteiger partial charge >= 0.3 is 0 Å². The zero-order chi connectivity index (χ0) is 13.4. The van der Waals surface area contributed by atoms with E-state index < -0.39 is 0 Å². The first-order valence-corrected chi connectivity index (χ1v) is 7.11. The Morgan fingerprint density at radius 1 is 1.37 bits per heavy atom. The molecule has 0 bridgehead atoms. The summed E-state index contributed by atoms with van der Waals surface area (Å²) in [6.07, 6.45) is 1.22. The number of thiophene rings is 1. The molecule has 2 aromatic rings. The number of fused-ring (bicyclic) bond motifs is 1. The van der Waals surface area contributed by atoms with Crippen molar-refractivity contribution < 1.29 is 9.59 Å². The van der Waals surface area contributed by atoms with Crippen LogP contribution in [0.2, 0.25) is 0 Å². The molecule has 1 aliphatic rings. The van der Waals surface area contributed by atoms with Crippen molar-refractivity contribution in [3.05, 3.63) is 51.2 Å². The molecule has 0 radical (unpaired) electrons. The number of anilines is 1. The first kappa shape index (κ1) is 12.1. The van der Waals surface area contributed by atoms with Gasteiger partial charge in [-0.15, -0.1) is 11.3 Å². The summed E-state index contributed by atoms with van der Waals surface area (Å²) in [6, 6.07) is 7.42. The molecule has 3 rings (SSSR count). The molecule has 0 spiro atoms. The third-order valence-electron chi connectivity index (χ3n) is 3.33. The van der Waals surface area contributed by atoms with Gasteiger partial charge in [-0.1, -0.05) is 6.92 Å². The number of nitrogens with one attached hydrogen (secondary N) is 1. The summed E-state index contributed by atoms with van der Waals surface area (Å²) in [7, 11) is 0. The van der Waals surface area contributed by atoms with E-state index in [0.29, 0.717) is 12.0 Å².